The van der Waals surface area contributed by atoms with Crippen LogP contribution in [-0.4, -0.2) is 67.1 Å². The third-order valence-corrected chi connectivity index (χ3v) is 3.41. The number of likely N-dealkylation sites (N-methyl/N-ethyl adjacent to an activating group) is 1. The Labute approximate surface area is 116 Å². The summed E-state index contributed by atoms with van der Waals surface area (Å²) in [5.74, 6) is -0.377. The van der Waals surface area contributed by atoms with Crippen LogP contribution >= 0.6 is 0 Å². The molecule has 1 fully saturated rings. The molecule has 1 saturated heterocycles. The Morgan fingerprint density at radius 1 is 1.55 bits per heavy atom. The Bertz CT molecular complexity index is 320. The van der Waals surface area contributed by atoms with Gasteiger partial charge in [-0.15, -0.1) is 0 Å². The zero-order valence-corrected chi connectivity index (χ0v) is 11.6. The highest BCUT2D eigenvalue weighted by Gasteiger charge is 2.39. The molecule has 3 unspecified atom stereocenters. The Hall–Kier alpha value is -0.860. The van der Waals surface area contributed by atoms with E-state index in [2.05, 4.69) is 5.32 Å². The molecule has 0 spiro atoms. The van der Waals surface area contributed by atoms with Gasteiger partial charge in [0, 0.05) is 19.7 Å². The first kappa shape index (κ1) is 17.2. The van der Waals surface area contributed by atoms with Gasteiger partial charge in [-0.05, 0) is 26.8 Å². The fourth-order valence-corrected chi connectivity index (χ4v) is 1.90. The summed E-state index contributed by atoms with van der Waals surface area (Å²) in [7, 11) is 1.37. The number of halogens is 3. The molecule has 2 N–H and O–H groups in total. The quantitative estimate of drug-likeness (QED) is 0.751. The van der Waals surface area contributed by atoms with E-state index in [1.807, 2.05) is 0 Å². The Balaban J connectivity index is 2.35. The molecule has 0 saturated carbocycles. The normalized spacial score (nSPS) is 22.9. The summed E-state index contributed by atoms with van der Waals surface area (Å²) >= 11 is 0. The summed E-state index contributed by atoms with van der Waals surface area (Å²) in [6, 6.07) is -0.756. The SMILES string of the molecule is CC(C(=O)NCC1CCCO1)N(C)CC(O)C(F)(F)F. The van der Waals surface area contributed by atoms with E-state index < -0.39 is 24.9 Å². The highest BCUT2D eigenvalue weighted by Crippen LogP contribution is 2.20. The fourth-order valence-electron chi connectivity index (χ4n) is 1.90. The number of carbonyl (C=O) groups excluding carboxylic acids is 1. The van der Waals surface area contributed by atoms with Crippen molar-refractivity contribution >= 4 is 5.91 Å². The van der Waals surface area contributed by atoms with Crippen LogP contribution in [0.15, 0.2) is 0 Å². The van der Waals surface area contributed by atoms with E-state index in [0.29, 0.717) is 13.2 Å². The van der Waals surface area contributed by atoms with Crippen LogP contribution in [0.2, 0.25) is 0 Å². The van der Waals surface area contributed by atoms with Gasteiger partial charge in [0.25, 0.3) is 0 Å². The summed E-state index contributed by atoms with van der Waals surface area (Å²) in [6.07, 6.45) is -5.33. The molecular formula is C12H21F3N2O3. The molecule has 118 valence electrons. The maximum absolute atomic E-state index is 12.2. The molecular weight excluding hydrogens is 277 g/mol. The van der Waals surface area contributed by atoms with E-state index >= 15 is 0 Å². The van der Waals surface area contributed by atoms with Crippen LogP contribution in [0.25, 0.3) is 0 Å². The lowest BCUT2D eigenvalue weighted by molar-refractivity contribution is -0.208. The van der Waals surface area contributed by atoms with Crippen molar-refractivity contribution in [2.24, 2.45) is 0 Å². The molecule has 1 aliphatic rings. The van der Waals surface area contributed by atoms with Gasteiger partial charge in [0.1, 0.15) is 0 Å². The molecule has 5 nitrogen and oxygen atoms in total. The molecule has 0 aromatic carbocycles. The van der Waals surface area contributed by atoms with E-state index in [0.717, 1.165) is 12.8 Å². The zero-order valence-electron chi connectivity index (χ0n) is 11.6. The monoisotopic (exact) mass is 298 g/mol. The van der Waals surface area contributed by atoms with Gasteiger partial charge >= 0.3 is 6.18 Å². The van der Waals surface area contributed by atoms with Gasteiger partial charge in [0.05, 0.1) is 12.1 Å². The molecule has 3 atom stereocenters. The second kappa shape index (κ2) is 7.24. The Morgan fingerprint density at radius 3 is 2.70 bits per heavy atom. The van der Waals surface area contributed by atoms with Crippen molar-refractivity contribution in [2.45, 2.75) is 44.2 Å². The van der Waals surface area contributed by atoms with Crippen LogP contribution in [-0.2, 0) is 9.53 Å². The van der Waals surface area contributed by atoms with Crippen molar-refractivity contribution in [1.82, 2.24) is 10.2 Å². The molecule has 0 bridgehead atoms. The van der Waals surface area contributed by atoms with E-state index in [9.17, 15) is 18.0 Å². The highest BCUT2D eigenvalue weighted by molar-refractivity contribution is 5.81. The molecule has 1 amide bonds. The van der Waals surface area contributed by atoms with Crippen molar-refractivity contribution in [3.8, 4) is 0 Å². The first-order valence-corrected chi connectivity index (χ1v) is 6.56. The predicted octanol–water partition coefficient (Wildman–Crippen LogP) is 0.525. The number of amides is 1. The van der Waals surface area contributed by atoms with Crippen LogP contribution in [0, 0.1) is 0 Å². The first-order valence-electron chi connectivity index (χ1n) is 6.56. The van der Waals surface area contributed by atoms with Gasteiger partial charge in [0.2, 0.25) is 5.91 Å². The van der Waals surface area contributed by atoms with Crippen molar-refractivity contribution in [1.29, 1.82) is 0 Å². The van der Waals surface area contributed by atoms with E-state index in [-0.39, 0.29) is 12.0 Å². The summed E-state index contributed by atoms with van der Waals surface area (Å²) in [5, 5.41) is 11.6. The number of ether oxygens (including phenoxy) is 1. The Morgan fingerprint density at radius 2 is 2.20 bits per heavy atom. The molecule has 0 aliphatic carbocycles. The number of rotatable bonds is 6. The summed E-state index contributed by atoms with van der Waals surface area (Å²) < 4.78 is 42.0. The van der Waals surface area contributed by atoms with Gasteiger partial charge in [-0.25, -0.2) is 0 Å². The second-order valence-electron chi connectivity index (χ2n) is 5.05. The third kappa shape index (κ3) is 5.26. The number of hydrogen-bond acceptors (Lipinski definition) is 4. The average Bonchev–Trinajstić information content (AvgIpc) is 2.86. The van der Waals surface area contributed by atoms with Gasteiger partial charge in [-0.1, -0.05) is 0 Å². The third-order valence-electron chi connectivity index (χ3n) is 3.41. The number of alkyl halides is 3. The number of aliphatic hydroxyl groups excluding tert-OH is 1. The smallest absolute Gasteiger partial charge is 0.382 e. The molecule has 1 rings (SSSR count). The lowest BCUT2D eigenvalue weighted by atomic mass is 10.2. The van der Waals surface area contributed by atoms with Gasteiger partial charge in [-0.2, -0.15) is 13.2 Å². The number of hydrogen-bond donors (Lipinski definition) is 2. The van der Waals surface area contributed by atoms with Crippen molar-refractivity contribution in [2.75, 3.05) is 26.7 Å². The van der Waals surface area contributed by atoms with Crippen LogP contribution in [0.3, 0.4) is 0 Å². The van der Waals surface area contributed by atoms with E-state index in [1.54, 1.807) is 0 Å². The number of nitrogens with one attached hydrogen (secondary N) is 1. The minimum atomic E-state index is -4.68. The van der Waals surface area contributed by atoms with Gasteiger partial charge < -0.3 is 15.2 Å². The number of aliphatic hydroxyl groups is 1. The van der Waals surface area contributed by atoms with Crippen LogP contribution < -0.4 is 5.32 Å². The van der Waals surface area contributed by atoms with E-state index in [4.69, 9.17) is 9.84 Å². The van der Waals surface area contributed by atoms with Crippen molar-refractivity contribution in [3.05, 3.63) is 0 Å². The minimum Gasteiger partial charge on any atom is -0.382 e. The predicted molar refractivity (Wildman–Crippen MR) is 66.1 cm³/mol. The van der Waals surface area contributed by atoms with Crippen molar-refractivity contribution < 1.29 is 27.8 Å². The highest BCUT2D eigenvalue weighted by atomic mass is 19.4. The largest absolute Gasteiger partial charge is 0.415 e. The number of nitrogens with zero attached hydrogens (tertiary/aromatic N) is 1. The van der Waals surface area contributed by atoms with Crippen LogP contribution in [0.5, 0.6) is 0 Å². The maximum Gasteiger partial charge on any atom is 0.415 e. The topological polar surface area (TPSA) is 61.8 Å². The lowest BCUT2D eigenvalue weighted by Gasteiger charge is -2.27. The van der Waals surface area contributed by atoms with Crippen LogP contribution in [0.1, 0.15) is 19.8 Å². The maximum atomic E-state index is 12.2. The average molecular weight is 298 g/mol. The second-order valence-corrected chi connectivity index (χ2v) is 5.05. The molecule has 0 aromatic rings. The molecule has 1 heterocycles. The van der Waals surface area contributed by atoms with Gasteiger partial charge in [-0.3, -0.25) is 9.69 Å². The first-order chi connectivity index (χ1) is 9.21. The minimum absolute atomic E-state index is 0.0165. The lowest BCUT2D eigenvalue weighted by Crippen LogP contribution is -2.49. The molecule has 8 heteroatoms. The van der Waals surface area contributed by atoms with Gasteiger partial charge in [0.15, 0.2) is 6.10 Å². The summed E-state index contributed by atoms with van der Waals surface area (Å²) in [5.41, 5.74) is 0. The summed E-state index contributed by atoms with van der Waals surface area (Å²) in [4.78, 5) is 13.0. The number of carbonyl (C=O) groups is 1. The standard InChI is InChI=1S/C12H21F3N2O3/c1-8(17(2)7-10(18)12(13,14)15)11(19)16-6-9-4-3-5-20-9/h8-10,18H,3-7H2,1-2H3,(H,16,19). The van der Waals surface area contributed by atoms with Crippen molar-refractivity contribution in [3.63, 3.8) is 0 Å². The summed E-state index contributed by atoms with van der Waals surface area (Å²) in [6.45, 7) is 1.89. The molecule has 0 radical (unpaired) electrons. The molecule has 1 aliphatic heterocycles. The van der Waals surface area contributed by atoms with E-state index in [1.165, 1.54) is 18.9 Å². The van der Waals surface area contributed by atoms with Crippen LogP contribution in [0.4, 0.5) is 13.2 Å². The fraction of sp³-hybridized carbons (Fsp3) is 0.917. The molecule has 0 aromatic heterocycles. The Kier molecular flexibility index (Phi) is 6.22. The zero-order chi connectivity index (χ0) is 15.3. The molecule has 20 heavy (non-hydrogen) atoms.